The summed E-state index contributed by atoms with van der Waals surface area (Å²) >= 11 is 3.80. The van der Waals surface area contributed by atoms with Crippen LogP contribution in [0.1, 0.15) is 0 Å². The number of aromatic nitrogens is 3. The van der Waals surface area contributed by atoms with Gasteiger partial charge >= 0.3 is 0 Å². The van der Waals surface area contributed by atoms with E-state index in [1.807, 2.05) is 72.8 Å². The summed E-state index contributed by atoms with van der Waals surface area (Å²) in [4.78, 5) is 11.1. The van der Waals surface area contributed by atoms with Gasteiger partial charge < -0.3 is 13.3 Å². The minimum Gasteiger partial charge on any atom is -0.456 e. The van der Waals surface area contributed by atoms with Crippen molar-refractivity contribution >= 4 is 104 Å². The zero-order valence-corrected chi connectivity index (χ0v) is 29.4. The predicted octanol–water partition coefficient (Wildman–Crippen LogP) is 13.4. The Labute approximate surface area is 308 Å². The molecule has 0 spiro atoms. The lowest BCUT2D eigenvalue weighted by Gasteiger charge is -2.12. The maximum absolute atomic E-state index is 6.65. The maximum Gasteiger partial charge on any atom is 0.162 e. The fourth-order valence-electron chi connectivity index (χ4n) is 8.28. The van der Waals surface area contributed by atoms with Gasteiger partial charge in [-0.25, -0.2) is 9.97 Å². The van der Waals surface area contributed by atoms with Gasteiger partial charge in [0.05, 0.1) is 22.3 Å². The molecule has 0 fully saturated rings. The van der Waals surface area contributed by atoms with Crippen molar-refractivity contribution in [3.63, 3.8) is 0 Å². The van der Waals surface area contributed by atoms with Crippen molar-refractivity contribution in [1.82, 2.24) is 14.5 Å². The van der Waals surface area contributed by atoms with Crippen molar-refractivity contribution in [2.24, 2.45) is 0 Å². The van der Waals surface area contributed by atoms with Crippen LogP contribution < -0.4 is 0 Å². The number of benzene rings is 7. The molecule has 0 saturated heterocycles. The summed E-state index contributed by atoms with van der Waals surface area (Å²) in [7, 11) is 0. The third-order valence-corrected chi connectivity index (χ3v) is 11.0. The molecule has 7 heteroatoms. The molecule has 0 N–H and O–H groups in total. The Morgan fingerprint density at radius 1 is 0.453 bits per heavy atom. The molecule has 12 aromatic rings. The lowest BCUT2D eigenvalue weighted by Crippen LogP contribution is -2.00. The van der Waals surface area contributed by atoms with E-state index in [1.165, 1.54) is 0 Å². The highest BCUT2D eigenvalue weighted by Gasteiger charge is 2.26. The van der Waals surface area contributed by atoms with Crippen LogP contribution >= 0.6 is 15.9 Å². The van der Waals surface area contributed by atoms with Gasteiger partial charge in [0.25, 0.3) is 0 Å². The Morgan fingerprint density at radius 3 is 1.77 bits per heavy atom. The average molecular weight is 747 g/mol. The van der Waals surface area contributed by atoms with Crippen molar-refractivity contribution < 1.29 is 13.3 Å². The molecule has 0 bridgehead atoms. The van der Waals surface area contributed by atoms with Crippen LogP contribution in [0.25, 0.3) is 116 Å². The van der Waals surface area contributed by atoms with E-state index < -0.39 is 0 Å². The number of halogens is 1. The molecule has 0 saturated carbocycles. The van der Waals surface area contributed by atoms with Gasteiger partial charge in [0.2, 0.25) is 0 Å². The molecule has 5 heterocycles. The molecule has 0 unspecified atom stereocenters. The first-order chi connectivity index (χ1) is 26.2. The molecule has 0 aliphatic rings. The Morgan fingerprint density at radius 2 is 1.04 bits per heavy atom. The maximum atomic E-state index is 6.65. The highest BCUT2D eigenvalue weighted by atomic mass is 79.9. The van der Waals surface area contributed by atoms with Crippen molar-refractivity contribution in [2.75, 3.05) is 0 Å². The number of furan rings is 3. The van der Waals surface area contributed by atoms with Gasteiger partial charge in [-0.3, -0.25) is 4.57 Å². The van der Waals surface area contributed by atoms with Crippen LogP contribution in [0.4, 0.5) is 0 Å². The molecule has 5 aromatic heterocycles. The lowest BCUT2D eigenvalue weighted by molar-refractivity contribution is 0.666. The smallest absolute Gasteiger partial charge is 0.162 e. The highest BCUT2D eigenvalue weighted by molar-refractivity contribution is 9.10. The van der Waals surface area contributed by atoms with Crippen LogP contribution in [0, 0.1) is 0 Å². The predicted molar refractivity (Wildman–Crippen MR) is 217 cm³/mol. The van der Waals surface area contributed by atoms with Crippen LogP contribution in [-0.4, -0.2) is 14.5 Å². The van der Waals surface area contributed by atoms with Crippen molar-refractivity contribution in [2.45, 2.75) is 0 Å². The van der Waals surface area contributed by atoms with Gasteiger partial charge in [-0.05, 0) is 54.6 Å². The quantitative estimate of drug-likeness (QED) is 0.180. The molecular weight excluding hydrogens is 722 g/mol. The summed E-state index contributed by atoms with van der Waals surface area (Å²) in [5.41, 5.74) is 10.2. The summed E-state index contributed by atoms with van der Waals surface area (Å²) in [6.45, 7) is 0. The Hall–Kier alpha value is -6.70. The average Bonchev–Trinajstić information content (AvgIpc) is 3.96. The second-order valence-corrected chi connectivity index (χ2v) is 14.3. The molecule has 0 amide bonds. The Bertz CT molecular complexity index is 3490. The van der Waals surface area contributed by atoms with E-state index >= 15 is 0 Å². The summed E-state index contributed by atoms with van der Waals surface area (Å²) in [5, 5.41) is 8.10. The monoisotopic (exact) mass is 745 g/mol. The molecule has 0 aliphatic heterocycles. The Kier molecular flexibility index (Phi) is 5.82. The molecule has 0 aliphatic carbocycles. The topological polar surface area (TPSA) is 70.1 Å². The van der Waals surface area contributed by atoms with Gasteiger partial charge in [-0.2, -0.15) is 0 Å². The number of rotatable bonds is 3. The van der Waals surface area contributed by atoms with Crippen LogP contribution in [0.5, 0.6) is 0 Å². The minimum absolute atomic E-state index is 0.592. The van der Waals surface area contributed by atoms with Gasteiger partial charge in [-0.1, -0.05) is 107 Å². The highest BCUT2D eigenvalue weighted by Crippen LogP contribution is 2.45. The SMILES string of the molecule is Brc1ccc2c(c1)c1c(-c3cccc4oc5ccccc5c34)nc(-c3cccc4oc5ccccc5c34)nc1n2-c1cccc2c1oc1ccccc12. The summed E-state index contributed by atoms with van der Waals surface area (Å²) in [6.07, 6.45) is 0. The molecule has 0 radical (unpaired) electrons. The van der Waals surface area contributed by atoms with Gasteiger partial charge in [0.15, 0.2) is 11.4 Å². The van der Waals surface area contributed by atoms with Crippen molar-refractivity contribution in [3.8, 4) is 28.3 Å². The van der Waals surface area contributed by atoms with Crippen LogP contribution in [0.2, 0.25) is 0 Å². The zero-order chi connectivity index (χ0) is 34.8. The first kappa shape index (κ1) is 28.9. The molecular formula is C46H24BrN3O3. The van der Waals surface area contributed by atoms with E-state index in [4.69, 9.17) is 23.2 Å². The second-order valence-electron chi connectivity index (χ2n) is 13.4. The van der Waals surface area contributed by atoms with E-state index in [9.17, 15) is 0 Å². The summed E-state index contributed by atoms with van der Waals surface area (Å²) in [5.74, 6) is 0.592. The summed E-state index contributed by atoms with van der Waals surface area (Å²) < 4.78 is 22.6. The van der Waals surface area contributed by atoms with E-state index in [0.29, 0.717) is 5.82 Å². The first-order valence-corrected chi connectivity index (χ1v) is 18.2. The van der Waals surface area contributed by atoms with Crippen LogP contribution in [-0.2, 0) is 0 Å². The fourth-order valence-corrected chi connectivity index (χ4v) is 8.64. The third kappa shape index (κ3) is 4.02. The standard InChI is InChI=1S/C46H24BrN3O3/c47-25-22-23-33-32(24-25)42-43(30-14-8-20-38-40(30)28-11-2-5-18-36(28)51-38)48-45(31-15-9-21-39-41(31)29-12-3-6-19-37(29)52-39)49-46(42)50(33)34-16-7-13-27-26-10-1-4-17-35(26)53-44(27)34/h1-24H. The second kappa shape index (κ2) is 10.7. The van der Waals surface area contributed by atoms with E-state index in [2.05, 4.69) is 93.3 Å². The number of para-hydroxylation sites is 4. The van der Waals surface area contributed by atoms with Crippen LogP contribution in [0.3, 0.4) is 0 Å². The van der Waals surface area contributed by atoms with E-state index in [-0.39, 0.29) is 0 Å². The fraction of sp³-hybridized carbons (Fsp3) is 0. The minimum atomic E-state index is 0.592. The number of hydrogen-bond donors (Lipinski definition) is 0. The molecule has 6 nitrogen and oxygen atoms in total. The number of hydrogen-bond acceptors (Lipinski definition) is 5. The lowest BCUT2D eigenvalue weighted by atomic mass is 9.99. The Balaban J connectivity index is 1.29. The van der Waals surface area contributed by atoms with Gasteiger partial charge in [0, 0.05) is 53.3 Å². The third-order valence-electron chi connectivity index (χ3n) is 10.5. The molecule has 7 aromatic carbocycles. The summed E-state index contributed by atoms with van der Waals surface area (Å²) in [6, 6.07) is 49.5. The zero-order valence-electron chi connectivity index (χ0n) is 27.8. The van der Waals surface area contributed by atoms with Crippen LogP contribution in [0.15, 0.2) is 163 Å². The molecule has 12 rings (SSSR count). The number of nitrogens with zero attached hydrogens (tertiary/aromatic N) is 3. The molecule has 53 heavy (non-hydrogen) atoms. The van der Waals surface area contributed by atoms with E-state index in [1.54, 1.807) is 0 Å². The van der Waals surface area contributed by atoms with Gasteiger partial charge in [0.1, 0.15) is 33.6 Å². The normalized spacial score (nSPS) is 12.2. The van der Waals surface area contributed by atoms with Crippen molar-refractivity contribution in [3.05, 3.63) is 150 Å². The largest absolute Gasteiger partial charge is 0.456 e. The van der Waals surface area contributed by atoms with E-state index in [0.717, 1.165) is 115 Å². The molecule has 0 atom stereocenters. The number of fused-ring (bicyclic) bond motifs is 12. The molecule has 248 valence electrons. The van der Waals surface area contributed by atoms with Crippen molar-refractivity contribution in [1.29, 1.82) is 0 Å². The first-order valence-electron chi connectivity index (χ1n) is 17.4. The van der Waals surface area contributed by atoms with Gasteiger partial charge in [-0.15, -0.1) is 0 Å².